The molecule has 4 aliphatic carbocycles. The van der Waals surface area contributed by atoms with Gasteiger partial charge in [0.15, 0.2) is 0 Å². The summed E-state index contributed by atoms with van der Waals surface area (Å²) in [6.45, 7) is 7.18. The standard InChI is InChI=1S/C19H28OS/c1-4-14-5-6-15(21-14)16(20)19-9-13-7-17(2,11-19)10-18(3,8-13)12-19/h5-6,13,16,20H,4,7-12H2,1-3H3. The van der Waals surface area contributed by atoms with Gasteiger partial charge in [0.05, 0.1) is 6.10 Å². The number of aliphatic hydroxyl groups excluding tert-OH is 1. The van der Waals surface area contributed by atoms with Crippen molar-refractivity contribution in [3.8, 4) is 0 Å². The summed E-state index contributed by atoms with van der Waals surface area (Å²) in [7, 11) is 0. The molecule has 0 saturated heterocycles. The van der Waals surface area contributed by atoms with Gasteiger partial charge in [0, 0.05) is 15.2 Å². The molecule has 4 bridgehead atoms. The van der Waals surface area contributed by atoms with Gasteiger partial charge < -0.3 is 5.11 Å². The van der Waals surface area contributed by atoms with Crippen LogP contribution in [0.3, 0.4) is 0 Å². The molecule has 0 radical (unpaired) electrons. The van der Waals surface area contributed by atoms with Crippen LogP contribution in [0.4, 0.5) is 0 Å². The molecule has 1 heterocycles. The number of hydrogen-bond acceptors (Lipinski definition) is 2. The Morgan fingerprint density at radius 3 is 2.33 bits per heavy atom. The van der Waals surface area contributed by atoms with Crippen molar-refractivity contribution in [2.75, 3.05) is 0 Å². The summed E-state index contributed by atoms with van der Waals surface area (Å²) in [6, 6.07) is 4.41. The van der Waals surface area contributed by atoms with E-state index >= 15 is 0 Å². The first-order valence-corrected chi connectivity index (χ1v) is 9.44. The molecule has 1 aromatic rings. The lowest BCUT2D eigenvalue weighted by Gasteiger charge is -2.66. The van der Waals surface area contributed by atoms with Crippen molar-refractivity contribution in [1.29, 1.82) is 0 Å². The van der Waals surface area contributed by atoms with Crippen molar-refractivity contribution in [2.45, 2.75) is 71.8 Å². The second-order valence-electron chi connectivity index (χ2n) is 9.05. The van der Waals surface area contributed by atoms with Gasteiger partial charge in [-0.3, -0.25) is 0 Å². The predicted molar refractivity (Wildman–Crippen MR) is 88.5 cm³/mol. The highest BCUT2D eigenvalue weighted by Crippen LogP contribution is 2.72. The molecule has 1 nitrogen and oxygen atoms in total. The van der Waals surface area contributed by atoms with E-state index in [1.54, 1.807) is 0 Å². The quantitative estimate of drug-likeness (QED) is 0.799. The molecule has 2 heteroatoms. The van der Waals surface area contributed by atoms with E-state index in [1.807, 2.05) is 11.3 Å². The van der Waals surface area contributed by atoms with Crippen molar-refractivity contribution in [2.24, 2.45) is 22.2 Å². The van der Waals surface area contributed by atoms with Crippen molar-refractivity contribution in [3.05, 3.63) is 21.9 Å². The number of aryl methyl sites for hydroxylation is 1. The molecule has 4 fully saturated rings. The SMILES string of the molecule is CCc1ccc(C(O)C23CC4CC(C)(CC(C)(C4)C2)C3)s1. The summed E-state index contributed by atoms with van der Waals surface area (Å²) in [5, 5.41) is 11.2. The summed E-state index contributed by atoms with van der Waals surface area (Å²) >= 11 is 1.84. The molecule has 4 saturated carbocycles. The topological polar surface area (TPSA) is 20.2 Å². The zero-order chi connectivity index (χ0) is 14.9. The minimum absolute atomic E-state index is 0.165. The Morgan fingerprint density at radius 1 is 1.14 bits per heavy atom. The Kier molecular flexibility index (Phi) is 2.96. The van der Waals surface area contributed by atoms with Crippen molar-refractivity contribution >= 4 is 11.3 Å². The molecule has 21 heavy (non-hydrogen) atoms. The Morgan fingerprint density at radius 2 is 1.81 bits per heavy atom. The van der Waals surface area contributed by atoms with Gasteiger partial charge in [0.1, 0.15) is 0 Å². The number of hydrogen-bond donors (Lipinski definition) is 1. The molecule has 0 aliphatic heterocycles. The van der Waals surface area contributed by atoms with E-state index in [2.05, 4.69) is 32.9 Å². The van der Waals surface area contributed by atoms with Gasteiger partial charge in [0.2, 0.25) is 0 Å². The Hall–Kier alpha value is -0.340. The van der Waals surface area contributed by atoms with Gasteiger partial charge in [-0.15, -0.1) is 11.3 Å². The van der Waals surface area contributed by atoms with E-state index in [0.717, 1.165) is 12.3 Å². The fourth-order valence-corrected chi connectivity index (χ4v) is 7.96. The molecule has 1 N–H and O–H groups in total. The van der Waals surface area contributed by atoms with Crippen LogP contribution in [0.1, 0.15) is 75.2 Å². The molecule has 0 amide bonds. The molecule has 116 valence electrons. The Balaban J connectivity index is 1.70. The third kappa shape index (κ3) is 2.13. The maximum atomic E-state index is 11.2. The van der Waals surface area contributed by atoms with Crippen LogP contribution in [-0.2, 0) is 6.42 Å². The molecule has 4 aliphatic rings. The summed E-state index contributed by atoms with van der Waals surface area (Å²) < 4.78 is 0. The van der Waals surface area contributed by atoms with Gasteiger partial charge in [-0.05, 0) is 73.8 Å². The normalized spacial score (nSPS) is 46.0. The molecule has 0 aromatic carbocycles. The van der Waals surface area contributed by atoms with Gasteiger partial charge in [0.25, 0.3) is 0 Å². The number of aliphatic hydroxyl groups is 1. The maximum Gasteiger partial charge on any atom is 0.0938 e. The highest BCUT2D eigenvalue weighted by atomic mass is 32.1. The van der Waals surface area contributed by atoms with Crippen LogP contribution in [0.15, 0.2) is 12.1 Å². The first-order chi connectivity index (χ1) is 9.85. The van der Waals surface area contributed by atoms with Crippen LogP contribution < -0.4 is 0 Å². The molecular formula is C19H28OS. The smallest absolute Gasteiger partial charge is 0.0938 e. The fourth-order valence-electron chi connectivity index (χ4n) is 6.87. The van der Waals surface area contributed by atoms with Crippen molar-refractivity contribution in [3.63, 3.8) is 0 Å². The van der Waals surface area contributed by atoms with E-state index in [-0.39, 0.29) is 11.5 Å². The molecular weight excluding hydrogens is 276 g/mol. The van der Waals surface area contributed by atoms with E-state index < -0.39 is 0 Å². The predicted octanol–water partition coefficient (Wildman–Crippen LogP) is 5.34. The monoisotopic (exact) mass is 304 g/mol. The van der Waals surface area contributed by atoms with Crippen LogP contribution in [0.2, 0.25) is 0 Å². The van der Waals surface area contributed by atoms with Crippen LogP contribution in [-0.4, -0.2) is 5.11 Å². The minimum atomic E-state index is -0.232. The number of rotatable bonds is 3. The zero-order valence-electron chi connectivity index (χ0n) is 13.6. The molecule has 3 atom stereocenters. The molecule has 3 unspecified atom stereocenters. The fraction of sp³-hybridized carbons (Fsp3) is 0.789. The number of thiophene rings is 1. The van der Waals surface area contributed by atoms with Crippen LogP contribution in [0.5, 0.6) is 0 Å². The zero-order valence-corrected chi connectivity index (χ0v) is 14.4. The highest BCUT2D eigenvalue weighted by Gasteiger charge is 2.62. The first-order valence-electron chi connectivity index (χ1n) is 8.62. The lowest BCUT2D eigenvalue weighted by atomic mass is 9.39. The van der Waals surface area contributed by atoms with Crippen molar-refractivity contribution in [1.82, 2.24) is 0 Å². The van der Waals surface area contributed by atoms with Gasteiger partial charge in [-0.25, -0.2) is 0 Å². The Bertz CT molecular complexity index is 542. The first kappa shape index (κ1) is 14.3. The third-order valence-electron chi connectivity index (χ3n) is 6.55. The lowest BCUT2D eigenvalue weighted by molar-refractivity contribution is -0.186. The minimum Gasteiger partial charge on any atom is -0.387 e. The van der Waals surface area contributed by atoms with Crippen molar-refractivity contribution < 1.29 is 5.11 Å². The molecule has 5 rings (SSSR count). The van der Waals surface area contributed by atoms with Crippen LogP contribution in [0, 0.1) is 22.2 Å². The maximum absolute atomic E-state index is 11.2. The molecule has 0 spiro atoms. The Labute approximate surface area is 132 Å². The average molecular weight is 304 g/mol. The van der Waals surface area contributed by atoms with E-state index in [9.17, 15) is 5.11 Å². The largest absolute Gasteiger partial charge is 0.387 e. The second kappa shape index (κ2) is 4.35. The van der Waals surface area contributed by atoms with Gasteiger partial charge in [-0.2, -0.15) is 0 Å². The van der Waals surface area contributed by atoms with E-state index in [0.29, 0.717) is 10.8 Å². The van der Waals surface area contributed by atoms with Gasteiger partial charge in [-0.1, -0.05) is 20.8 Å². The summed E-state index contributed by atoms with van der Waals surface area (Å²) in [5.74, 6) is 0.858. The van der Waals surface area contributed by atoms with Gasteiger partial charge >= 0.3 is 0 Å². The van der Waals surface area contributed by atoms with Crippen LogP contribution >= 0.6 is 11.3 Å². The van der Waals surface area contributed by atoms with E-state index in [4.69, 9.17) is 0 Å². The third-order valence-corrected chi connectivity index (χ3v) is 7.83. The lowest BCUT2D eigenvalue weighted by Crippen LogP contribution is -2.56. The second-order valence-corrected chi connectivity index (χ2v) is 10.3. The summed E-state index contributed by atoms with van der Waals surface area (Å²) in [5.41, 5.74) is 1.14. The molecule has 1 aromatic heterocycles. The van der Waals surface area contributed by atoms with E-state index in [1.165, 1.54) is 48.3 Å². The average Bonchev–Trinajstić information content (AvgIpc) is 2.81. The highest BCUT2D eigenvalue weighted by molar-refractivity contribution is 7.12. The summed E-state index contributed by atoms with van der Waals surface area (Å²) in [6.07, 6.45) is 8.80. The summed E-state index contributed by atoms with van der Waals surface area (Å²) in [4.78, 5) is 2.63. The van der Waals surface area contributed by atoms with Crippen LogP contribution in [0.25, 0.3) is 0 Å².